The number of rotatable bonds is 5. The van der Waals surface area contributed by atoms with Gasteiger partial charge in [-0.2, -0.15) is 0 Å². The smallest absolute Gasteiger partial charge is 0.132 e. The number of benzene rings is 2. The average molecular weight is 430 g/mol. The predicted molar refractivity (Wildman–Crippen MR) is 124 cm³/mol. The van der Waals surface area contributed by atoms with Crippen LogP contribution < -0.4 is 20.5 Å². The highest BCUT2D eigenvalue weighted by atomic mass is 16.5. The lowest BCUT2D eigenvalue weighted by atomic mass is 9.72. The Bertz CT molecular complexity index is 1190. The molecule has 3 aromatic rings. The van der Waals surface area contributed by atoms with E-state index in [2.05, 4.69) is 22.4 Å². The molecular weight excluding hydrogens is 402 g/mol. The van der Waals surface area contributed by atoms with E-state index in [4.69, 9.17) is 15.2 Å². The van der Waals surface area contributed by atoms with Gasteiger partial charge in [0.1, 0.15) is 23.9 Å². The molecule has 2 aliphatic heterocycles. The van der Waals surface area contributed by atoms with Gasteiger partial charge in [0, 0.05) is 35.6 Å². The van der Waals surface area contributed by atoms with Crippen LogP contribution in [0.25, 0.3) is 11.1 Å². The topological polar surface area (TPSA) is 89.6 Å². The van der Waals surface area contributed by atoms with Gasteiger partial charge in [-0.05, 0) is 61.4 Å². The Morgan fingerprint density at radius 2 is 1.94 bits per heavy atom. The summed E-state index contributed by atoms with van der Waals surface area (Å²) in [6.45, 7) is 4.55. The summed E-state index contributed by atoms with van der Waals surface area (Å²) in [5.74, 6) is 2.90. The molecule has 164 valence electrons. The molecule has 5 rings (SSSR count). The van der Waals surface area contributed by atoms with Crippen molar-refractivity contribution in [2.45, 2.75) is 31.3 Å². The van der Waals surface area contributed by atoms with Crippen LogP contribution in [0.1, 0.15) is 31.4 Å². The molecule has 0 saturated heterocycles. The number of pyridine rings is 1. The Morgan fingerprint density at radius 1 is 1.16 bits per heavy atom. The molecule has 1 spiro atoms. The largest absolute Gasteiger partial charge is 0.491 e. The third kappa shape index (κ3) is 3.46. The van der Waals surface area contributed by atoms with E-state index in [0.717, 1.165) is 33.8 Å². The number of ether oxygens (including phenoxy) is 2. The highest BCUT2D eigenvalue weighted by Crippen LogP contribution is 2.52. The second kappa shape index (κ2) is 7.57. The Labute approximate surface area is 187 Å². The zero-order valence-corrected chi connectivity index (χ0v) is 18.3. The molecule has 6 heteroatoms. The van der Waals surface area contributed by atoms with E-state index in [1.807, 2.05) is 55.6 Å². The molecule has 0 amide bonds. The minimum Gasteiger partial charge on any atom is -0.491 e. The van der Waals surface area contributed by atoms with E-state index in [0.29, 0.717) is 24.5 Å². The number of nitrogens with zero attached hydrogens (tertiary/aromatic N) is 1. The van der Waals surface area contributed by atoms with Crippen LogP contribution in [0.4, 0.5) is 0 Å². The highest BCUT2D eigenvalue weighted by Gasteiger charge is 2.44. The SMILES string of the molecule is CCC(C)(O)COc1ccc2c(c1)[C@]1(C=C(N)NC1)c1cc(-c3cccnc3)ccc1O2. The Hall–Kier alpha value is -3.51. The molecule has 0 radical (unpaired) electrons. The van der Waals surface area contributed by atoms with E-state index < -0.39 is 11.0 Å². The first kappa shape index (κ1) is 20.4. The van der Waals surface area contributed by atoms with Crippen LogP contribution in [-0.2, 0) is 5.41 Å². The minimum absolute atomic E-state index is 0.216. The molecule has 0 saturated carbocycles. The third-order valence-corrected chi connectivity index (χ3v) is 6.39. The van der Waals surface area contributed by atoms with Crippen LogP contribution in [0.3, 0.4) is 0 Å². The van der Waals surface area contributed by atoms with Crippen molar-refractivity contribution < 1.29 is 14.6 Å². The average Bonchev–Trinajstić information content (AvgIpc) is 3.21. The second-order valence-corrected chi connectivity index (χ2v) is 8.78. The van der Waals surface area contributed by atoms with Gasteiger partial charge in [0.25, 0.3) is 0 Å². The number of nitrogens with one attached hydrogen (secondary N) is 1. The number of aromatic nitrogens is 1. The molecule has 1 aromatic heterocycles. The molecule has 2 atom stereocenters. The molecule has 2 aromatic carbocycles. The molecular formula is C26H27N3O3. The van der Waals surface area contributed by atoms with Crippen LogP contribution in [0, 0.1) is 0 Å². The van der Waals surface area contributed by atoms with Gasteiger partial charge in [0.2, 0.25) is 0 Å². The monoisotopic (exact) mass is 429 g/mol. The van der Waals surface area contributed by atoms with Crippen LogP contribution in [0.15, 0.2) is 72.8 Å². The summed E-state index contributed by atoms with van der Waals surface area (Å²) in [6.07, 6.45) is 6.30. The maximum absolute atomic E-state index is 10.3. The van der Waals surface area contributed by atoms with E-state index in [9.17, 15) is 5.11 Å². The Kier molecular flexibility index (Phi) is 4.82. The summed E-state index contributed by atoms with van der Waals surface area (Å²) in [7, 11) is 0. The molecule has 2 aliphatic rings. The minimum atomic E-state index is -0.880. The summed E-state index contributed by atoms with van der Waals surface area (Å²) in [4.78, 5) is 4.26. The fraction of sp³-hybridized carbons (Fsp3) is 0.269. The second-order valence-electron chi connectivity index (χ2n) is 8.78. The quantitative estimate of drug-likeness (QED) is 0.566. The lowest BCUT2D eigenvalue weighted by Crippen LogP contribution is -2.34. The first-order valence-electron chi connectivity index (χ1n) is 10.8. The van der Waals surface area contributed by atoms with Crippen molar-refractivity contribution in [2.75, 3.05) is 13.2 Å². The summed E-state index contributed by atoms with van der Waals surface area (Å²) < 4.78 is 12.2. The van der Waals surface area contributed by atoms with E-state index in [1.165, 1.54) is 0 Å². The maximum Gasteiger partial charge on any atom is 0.132 e. The summed E-state index contributed by atoms with van der Waals surface area (Å²) in [5.41, 5.74) is 8.97. The standard InChI is InChI=1S/C26H27N3O3/c1-3-25(2,30)16-31-19-7-9-23-21(12-19)26(13-24(27)29-15-26)20-11-17(6-8-22(20)32-23)18-5-4-10-28-14-18/h4-14,29-30H,3,15-16,27H2,1-2H3/t25?,26-/m0/s1. The number of hydrogen-bond acceptors (Lipinski definition) is 6. The lowest BCUT2D eigenvalue weighted by Gasteiger charge is -2.36. The van der Waals surface area contributed by atoms with E-state index in [1.54, 1.807) is 13.1 Å². The molecule has 1 unspecified atom stereocenters. The number of nitrogens with two attached hydrogens (primary N) is 1. The van der Waals surface area contributed by atoms with Crippen LogP contribution in [0.5, 0.6) is 17.2 Å². The molecule has 0 fully saturated rings. The first-order chi connectivity index (χ1) is 15.4. The van der Waals surface area contributed by atoms with Crippen molar-refractivity contribution in [1.82, 2.24) is 10.3 Å². The van der Waals surface area contributed by atoms with Gasteiger partial charge in [-0.3, -0.25) is 4.98 Å². The predicted octanol–water partition coefficient (Wildman–Crippen LogP) is 4.08. The van der Waals surface area contributed by atoms with Gasteiger partial charge in [-0.1, -0.05) is 19.1 Å². The van der Waals surface area contributed by atoms with Gasteiger partial charge < -0.3 is 25.6 Å². The molecule has 32 heavy (non-hydrogen) atoms. The lowest BCUT2D eigenvalue weighted by molar-refractivity contribution is 0.00842. The van der Waals surface area contributed by atoms with Gasteiger partial charge in [0.05, 0.1) is 16.8 Å². The molecule has 3 heterocycles. The Morgan fingerprint density at radius 3 is 2.62 bits per heavy atom. The van der Waals surface area contributed by atoms with E-state index >= 15 is 0 Å². The number of aliphatic hydroxyl groups is 1. The maximum atomic E-state index is 10.3. The number of hydrogen-bond donors (Lipinski definition) is 3. The third-order valence-electron chi connectivity index (χ3n) is 6.39. The Balaban J connectivity index is 1.60. The molecule has 0 aliphatic carbocycles. The van der Waals surface area contributed by atoms with Crippen LogP contribution in [-0.4, -0.2) is 28.8 Å². The van der Waals surface area contributed by atoms with Crippen LogP contribution in [0.2, 0.25) is 0 Å². The van der Waals surface area contributed by atoms with Gasteiger partial charge in [-0.15, -0.1) is 0 Å². The molecule has 4 N–H and O–H groups in total. The van der Waals surface area contributed by atoms with Crippen molar-refractivity contribution in [1.29, 1.82) is 0 Å². The fourth-order valence-electron chi connectivity index (χ4n) is 4.28. The summed E-state index contributed by atoms with van der Waals surface area (Å²) >= 11 is 0. The molecule has 6 nitrogen and oxygen atoms in total. The fourth-order valence-corrected chi connectivity index (χ4v) is 4.28. The number of fused-ring (bicyclic) bond motifs is 4. The van der Waals surface area contributed by atoms with Crippen molar-refractivity contribution in [3.05, 3.63) is 83.9 Å². The van der Waals surface area contributed by atoms with E-state index in [-0.39, 0.29) is 6.61 Å². The van der Waals surface area contributed by atoms with Crippen LogP contribution >= 0.6 is 0 Å². The van der Waals surface area contributed by atoms with Crippen molar-refractivity contribution in [2.24, 2.45) is 5.73 Å². The van der Waals surface area contributed by atoms with Gasteiger partial charge in [-0.25, -0.2) is 0 Å². The highest BCUT2D eigenvalue weighted by molar-refractivity contribution is 5.70. The van der Waals surface area contributed by atoms with Crippen molar-refractivity contribution in [3.63, 3.8) is 0 Å². The van der Waals surface area contributed by atoms with Gasteiger partial charge >= 0.3 is 0 Å². The first-order valence-corrected chi connectivity index (χ1v) is 10.8. The van der Waals surface area contributed by atoms with Gasteiger partial charge in [0.15, 0.2) is 0 Å². The van der Waals surface area contributed by atoms with Crippen molar-refractivity contribution >= 4 is 0 Å². The summed E-state index contributed by atoms with van der Waals surface area (Å²) in [6, 6.07) is 16.0. The zero-order valence-electron chi connectivity index (χ0n) is 18.3. The molecule has 0 bridgehead atoms. The summed E-state index contributed by atoms with van der Waals surface area (Å²) in [5, 5.41) is 13.6. The zero-order chi connectivity index (χ0) is 22.3. The normalized spacial score (nSPS) is 20.4. The van der Waals surface area contributed by atoms with Crippen molar-refractivity contribution in [3.8, 4) is 28.4 Å².